The van der Waals surface area contributed by atoms with Gasteiger partial charge in [0.25, 0.3) is 6.71 Å². The molecule has 0 saturated carbocycles. The molecule has 0 spiro atoms. The van der Waals surface area contributed by atoms with Gasteiger partial charge in [-0.25, -0.2) is 26.3 Å². The zero-order valence-corrected chi connectivity index (χ0v) is 59.3. The minimum atomic E-state index is -5.56. The van der Waals surface area contributed by atoms with Gasteiger partial charge in [-0.05, 0) is 170 Å². The van der Waals surface area contributed by atoms with Crippen molar-refractivity contribution in [3.8, 4) is 33.4 Å². The lowest BCUT2D eigenvalue weighted by Gasteiger charge is -2.47. The third kappa shape index (κ3) is 11.3. The predicted octanol–water partition coefficient (Wildman–Crippen LogP) is 23.3. The third-order valence-corrected chi connectivity index (χ3v) is 22.5. The van der Waals surface area contributed by atoms with Gasteiger partial charge in [0, 0.05) is 66.5 Å². The molecule has 0 aromatic heterocycles. The molecular formula is C92H53B2F12N5S. The quantitative estimate of drug-likeness (QED) is 0.0889. The van der Waals surface area contributed by atoms with Gasteiger partial charge in [0.15, 0.2) is 0 Å². The number of para-hydroxylation sites is 7. The second-order valence-electron chi connectivity index (χ2n) is 27.6. The molecule has 0 amide bonds. The van der Waals surface area contributed by atoms with Crippen molar-refractivity contribution < 1.29 is 52.7 Å². The summed E-state index contributed by atoms with van der Waals surface area (Å²) in [4.78, 5) is 6.35. The Labute approximate surface area is 639 Å². The molecule has 542 valence electrons. The summed E-state index contributed by atoms with van der Waals surface area (Å²) in [7, 11) is 0. The molecule has 0 saturated heterocycles. The molecule has 4 aliphatic heterocycles. The van der Waals surface area contributed by atoms with Crippen LogP contribution >= 0.6 is 11.8 Å². The van der Waals surface area contributed by atoms with E-state index >= 15 is 52.7 Å². The second-order valence-corrected chi connectivity index (χ2v) is 28.6. The first-order valence-electron chi connectivity index (χ1n) is 35.8. The second kappa shape index (κ2) is 26.9. The fourth-order valence-electron chi connectivity index (χ4n) is 16.8. The van der Waals surface area contributed by atoms with Crippen molar-refractivity contribution in [1.29, 1.82) is 0 Å². The number of anilines is 15. The van der Waals surface area contributed by atoms with Crippen molar-refractivity contribution in [2.24, 2.45) is 0 Å². The normalized spacial score (nSPS) is 13.1. The molecule has 15 aromatic rings. The van der Waals surface area contributed by atoms with Crippen LogP contribution in [0.5, 0.6) is 0 Å². The highest BCUT2D eigenvalue weighted by Crippen LogP contribution is 2.58. The van der Waals surface area contributed by atoms with E-state index in [0.717, 1.165) is 92.7 Å². The number of fused-ring (bicyclic) bond motifs is 8. The number of rotatable bonds is 12. The van der Waals surface area contributed by atoms with E-state index in [0.29, 0.717) is 39.7 Å². The third-order valence-electron chi connectivity index (χ3n) is 21.3. The first-order chi connectivity index (χ1) is 54.4. The molecule has 4 heterocycles. The van der Waals surface area contributed by atoms with Gasteiger partial charge in [-0.2, -0.15) is 26.3 Å². The molecular weight excluding hydrogens is 1460 g/mol. The van der Waals surface area contributed by atoms with Gasteiger partial charge in [0.2, 0.25) is 6.71 Å². The number of benzene rings is 15. The lowest BCUT2D eigenvalue weighted by atomic mass is 9.30. The highest BCUT2D eigenvalue weighted by molar-refractivity contribution is 8.00. The number of hydrogen-bond donors (Lipinski definition) is 0. The van der Waals surface area contributed by atoms with Crippen LogP contribution in [0.3, 0.4) is 0 Å². The first kappa shape index (κ1) is 69.4. The van der Waals surface area contributed by atoms with Crippen molar-refractivity contribution >= 4 is 143 Å². The number of hydrogen-bond acceptors (Lipinski definition) is 6. The fourth-order valence-corrected chi connectivity index (χ4v) is 18.1. The number of halogens is 12. The summed E-state index contributed by atoms with van der Waals surface area (Å²) in [5.74, 6) is -6.43. The van der Waals surface area contributed by atoms with Gasteiger partial charge >= 0.3 is 12.4 Å². The molecule has 0 radical (unpaired) electrons. The van der Waals surface area contributed by atoms with E-state index in [1.807, 2.05) is 114 Å². The molecule has 20 heteroatoms. The van der Waals surface area contributed by atoms with Crippen molar-refractivity contribution in [3.63, 3.8) is 0 Å². The van der Waals surface area contributed by atoms with Gasteiger partial charge in [-0.3, -0.25) is 0 Å². The summed E-state index contributed by atoms with van der Waals surface area (Å²) in [6.45, 7) is -2.78. The summed E-state index contributed by atoms with van der Waals surface area (Å²) >= 11 is 0.692. The molecule has 0 bridgehead atoms. The Balaban J connectivity index is 0.964. The van der Waals surface area contributed by atoms with E-state index in [-0.39, 0.29) is 72.0 Å². The Morgan fingerprint density at radius 1 is 0.277 bits per heavy atom. The molecule has 0 aliphatic carbocycles. The number of nitrogens with zero attached hydrogens (tertiary/aromatic N) is 5. The molecule has 0 fully saturated rings. The Morgan fingerprint density at radius 3 is 1.26 bits per heavy atom. The highest BCUT2D eigenvalue weighted by atomic mass is 32.2. The molecule has 4 aliphatic rings. The van der Waals surface area contributed by atoms with Crippen LogP contribution in [-0.4, -0.2) is 13.4 Å². The van der Waals surface area contributed by atoms with Crippen LogP contribution in [0.1, 0.15) is 11.1 Å². The summed E-state index contributed by atoms with van der Waals surface area (Å²) < 4.78 is 211. The zero-order chi connectivity index (χ0) is 76.6. The average Bonchev–Trinajstić information content (AvgIpc) is 0.670. The van der Waals surface area contributed by atoms with Crippen LogP contribution in [0.15, 0.2) is 331 Å². The lowest BCUT2D eigenvalue weighted by molar-refractivity contribution is -0.139. The highest BCUT2D eigenvalue weighted by Gasteiger charge is 2.54. The monoisotopic (exact) mass is 1510 g/mol. The molecule has 0 atom stereocenters. The fraction of sp³-hybridized carbons (Fsp3) is 0.0217. The van der Waals surface area contributed by atoms with E-state index in [4.69, 9.17) is 0 Å². The van der Waals surface area contributed by atoms with Gasteiger partial charge in [-0.1, -0.05) is 223 Å². The van der Waals surface area contributed by atoms with Gasteiger partial charge in [0.05, 0.1) is 28.2 Å². The van der Waals surface area contributed by atoms with Crippen molar-refractivity contribution in [3.05, 3.63) is 368 Å². The molecule has 15 aromatic carbocycles. The maximum atomic E-state index is 18.7. The Hall–Kier alpha value is -13.1. The van der Waals surface area contributed by atoms with Crippen molar-refractivity contribution in [2.45, 2.75) is 22.1 Å². The van der Waals surface area contributed by atoms with Gasteiger partial charge in [0.1, 0.15) is 52.0 Å². The van der Waals surface area contributed by atoms with Crippen molar-refractivity contribution in [2.75, 3.05) is 24.5 Å². The topological polar surface area (TPSA) is 16.2 Å². The minimum absolute atomic E-state index is 0.00176. The molecule has 112 heavy (non-hydrogen) atoms. The minimum Gasteiger partial charge on any atom is -0.310 e. The van der Waals surface area contributed by atoms with Crippen LogP contribution in [-0.2, 0) is 12.4 Å². The molecule has 19 rings (SSSR count). The van der Waals surface area contributed by atoms with E-state index in [1.54, 1.807) is 97.1 Å². The first-order valence-corrected chi connectivity index (χ1v) is 36.6. The van der Waals surface area contributed by atoms with E-state index in [9.17, 15) is 0 Å². The van der Waals surface area contributed by atoms with E-state index in [1.165, 1.54) is 64.4 Å². The van der Waals surface area contributed by atoms with Gasteiger partial charge < -0.3 is 24.5 Å². The van der Waals surface area contributed by atoms with Crippen LogP contribution in [0, 0.1) is 34.9 Å². The summed E-state index contributed by atoms with van der Waals surface area (Å²) in [5, 5.41) is 0. The maximum Gasteiger partial charge on any atom is 0.419 e. The predicted molar refractivity (Wildman–Crippen MR) is 426 cm³/mol. The van der Waals surface area contributed by atoms with Crippen LogP contribution in [0.4, 0.5) is 138 Å². The Bertz CT molecular complexity index is 6240. The molecule has 5 nitrogen and oxygen atoms in total. The van der Waals surface area contributed by atoms with E-state index < -0.39 is 111 Å². The van der Waals surface area contributed by atoms with E-state index in [2.05, 4.69) is 0 Å². The lowest BCUT2D eigenvalue weighted by Crippen LogP contribution is -2.65. The maximum absolute atomic E-state index is 18.7. The van der Waals surface area contributed by atoms with Crippen LogP contribution < -0.4 is 57.3 Å². The standard InChI is InChI=1S/C92H53B2F12N5S/c95-70-36-19-37-71(96)87(70)108(59-29-11-4-12-30-59)62-49-78-83-79(50-62)111(85-64(57-26-9-3-10-27-57)32-18-33-65(85)91(101,102)103)86-68(93(83)66-34-13-15-42-76(66)109(78)88-72(97)38-20-39-73(88)98)53-69-90(82(86)92(104,105)106)112-81-52-63(51-80-84(81)94(69)67-35-14-16-43-77(67)110(80)89-74(99)40-21-41-75(89)100)107(60-46-44-56(45-47-60)54-22-5-1-6-23-54)61-31-17-28-58(48-61)55-24-7-2-8-25-55/h1-53H. The Morgan fingerprint density at radius 2 is 0.705 bits per heavy atom. The zero-order valence-electron chi connectivity index (χ0n) is 58.4. The Kier molecular flexibility index (Phi) is 16.7. The van der Waals surface area contributed by atoms with Crippen LogP contribution in [0.2, 0.25) is 0 Å². The largest absolute Gasteiger partial charge is 0.419 e. The average molecular weight is 1510 g/mol. The van der Waals surface area contributed by atoms with Crippen LogP contribution in [0.25, 0.3) is 33.4 Å². The van der Waals surface area contributed by atoms with Crippen molar-refractivity contribution in [1.82, 2.24) is 0 Å². The summed E-state index contributed by atoms with van der Waals surface area (Å²) in [6.07, 6.45) is -10.9. The summed E-state index contributed by atoms with van der Waals surface area (Å²) in [5.41, 5.74) is -1.42. The summed E-state index contributed by atoms with van der Waals surface area (Å²) in [6, 6.07) is 83.8. The molecule has 0 N–H and O–H groups in total. The van der Waals surface area contributed by atoms with Gasteiger partial charge in [-0.15, -0.1) is 0 Å². The number of alkyl halides is 6. The smallest absolute Gasteiger partial charge is 0.310 e. The molecule has 0 unspecified atom stereocenters. The SMILES string of the molecule is Fc1cccc(F)c1N(c1ccccc1)c1cc2c3c(c1)N(c1c(-c4ccccc4)cccc1C(F)(F)F)c1c(cc4c(c1C(F)(F)F)Sc1cc(N(c5ccc(-c6ccccc6)cc5)c5cccc(-c6ccccc6)c5)cc5c1B4c1ccccc1N5c1c(F)cccc1F)B3c1ccccc1N2c1c(F)cccc1F.